The highest BCUT2D eigenvalue weighted by Crippen LogP contribution is 2.09. The maximum absolute atomic E-state index is 12.8. The summed E-state index contributed by atoms with van der Waals surface area (Å²) >= 11 is 0. The summed E-state index contributed by atoms with van der Waals surface area (Å²) in [5, 5.41) is 0. The molecular formula is C8H8FNO. The molecule has 2 nitrogen and oxygen atoms in total. The van der Waals surface area contributed by atoms with Crippen LogP contribution in [0.3, 0.4) is 0 Å². The van der Waals surface area contributed by atoms with Crippen molar-refractivity contribution in [3.8, 4) is 0 Å². The van der Waals surface area contributed by atoms with Gasteiger partial charge < -0.3 is 0 Å². The van der Waals surface area contributed by atoms with Gasteiger partial charge in [-0.3, -0.25) is 4.79 Å². The zero-order valence-electron chi connectivity index (χ0n) is 6.39. The summed E-state index contributed by atoms with van der Waals surface area (Å²) in [4.78, 5) is 13.8. The molecule has 1 heterocycles. The van der Waals surface area contributed by atoms with Crippen LogP contribution in [0.2, 0.25) is 0 Å². The molecule has 1 aromatic heterocycles. The summed E-state index contributed by atoms with van der Waals surface area (Å²) in [6, 6.07) is 1.67. The van der Waals surface area contributed by atoms with E-state index in [1.165, 1.54) is 0 Å². The fourth-order valence-corrected chi connectivity index (χ4v) is 0.943. The van der Waals surface area contributed by atoms with Crippen LogP contribution in [-0.4, -0.2) is 11.3 Å². The Hall–Kier alpha value is -1.25. The third-order valence-corrected chi connectivity index (χ3v) is 1.46. The first-order chi connectivity index (χ1) is 5.15. The van der Waals surface area contributed by atoms with Crippen LogP contribution in [-0.2, 0) is 0 Å². The second-order valence-electron chi connectivity index (χ2n) is 2.40. The molecule has 3 heteroatoms. The zero-order chi connectivity index (χ0) is 8.43. The Morgan fingerprint density at radius 1 is 1.55 bits per heavy atom. The quantitative estimate of drug-likeness (QED) is 0.453. The molecule has 0 saturated heterocycles. The predicted octanol–water partition coefficient (Wildman–Crippen LogP) is 1.65. The van der Waals surface area contributed by atoms with E-state index < -0.39 is 5.95 Å². The number of hydrogen-bond donors (Lipinski definition) is 0. The maximum Gasteiger partial charge on any atom is 0.223 e. The second kappa shape index (κ2) is 2.78. The SMILES string of the molecule is Cc1cc(C)c(C=O)c(F)n1. The highest BCUT2D eigenvalue weighted by Gasteiger charge is 2.05. The number of aryl methyl sites for hydroxylation is 2. The molecule has 0 fully saturated rings. The van der Waals surface area contributed by atoms with E-state index >= 15 is 0 Å². The van der Waals surface area contributed by atoms with Crippen molar-refractivity contribution in [3.05, 3.63) is 28.8 Å². The Morgan fingerprint density at radius 2 is 2.18 bits per heavy atom. The van der Waals surface area contributed by atoms with Gasteiger partial charge in [0.05, 0.1) is 5.56 Å². The van der Waals surface area contributed by atoms with Crippen LogP contribution in [0.4, 0.5) is 4.39 Å². The largest absolute Gasteiger partial charge is 0.298 e. The van der Waals surface area contributed by atoms with Gasteiger partial charge in [-0.15, -0.1) is 0 Å². The second-order valence-corrected chi connectivity index (χ2v) is 2.40. The Kier molecular flexibility index (Phi) is 1.98. The Bertz CT molecular complexity index is 273. The lowest BCUT2D eigenvalue weighted by Crippen LogP contribution is -1.97. The number of nitrogens with zero attached hydrogens (tertiary/aromatic N) is 1. The van der Waals surface area contributed by atoms with Crippen molar-refractivity contribution in [2.45, 2.75) is 13.8 Å². The number of hydrogen-bond acceptors (Lipinski definition) is 2. The van der Waals surface area contributed by atoms with Gasteiger partial charge >= 0.3 is 0 Å². The Balaban J connectivity index is 3.36. The average Bonchev–Trinajstić information content (AvgIpc) is 1.85. The minimum Gasteiger partial charge on any atom is -0.298 e. The van der Waals surface area contributed by atoms with Crippen molar-refractivity contribution in [3.63, 3.8) is 0 Å². The van der Waals surface area contributed by atoms with Gasteiger partial charge in [0.15, 0.2) is 6.29 Å². The molecule has 11 heavy (non-hydrogen) atoms. The van der Waals surface area contributed by atoms with E-state index in [4.69, 9.17) is 0 Å². The molecule has 1 aromatic rings. The monoisotopic (exact) mass is 153 g/mol. The summed E-state index contributed by atoms with van der Waals surface area (Å²) in [7, 11) is 0. The van der Waals surface area contributed by atoms with Crippen molar-refractivity contribution >= 4 is 6.29 Å². The van der Waals surface area contributed by atoms with Gasteiger partial charge in [-0.2, -0.15) is 4.39 Å². The van der Waals surface area contributed by atoms with E-state index in [1.807, 2.05) is 0 Å². The van der Waals surface area contributed by atoms with Gasteiger partial charge in [-0.05, 0) is 25.5 Å². The molecule has 0 N–H and O–H groups in total. The molecule has 0 aliphatic heterocycles. The molecule has 0 saturated carbocycles. The summed E-state index contributed by atoms with van der Waals surface area (Å²) in [6.45, 7) is 3.37. The number of carbonyl (C=O) groups is 1. The van der Waals surface area contributed by atoms with Gasteiger partial charge in [0.1, 0.15) is 0 Å². The molecule has 0 atom stereocenters. The number of carbonyl (C=O) groups excluding carboxylic acids is 1. The van der Waals surface area contributed by atoms with Gasteiger partial charge in [-0.25, -0.2) is 4.98 Å². The van der Waals surface area contributed by atoms with Crippen molar-refractivity contribution in [1.82, 2.24) is 4.98 Å². The minimum absolute atomic E-state index is 0.0515. The van der Waals surface area contributed by atoms with Gasteiger partial charge in [0.25, 0.3) is 0 Å². The first-order valence-electron chi connectivity index (χ1n) is 3.24. The zero-order valence-corrected chi connectivity index (χ0v) is 6.39. The summed E-state index contributed by atoms with van der Waals surface area (Å²) in [5.74, 6) is -0.683. The van der Waals surface area contributed by atoms with Crippen LogP contribution in [0.1, 0.15) is 21.6 Å². The summed E-state index contributed by atoms with van der Waals surface area (Å²) in [6.07, 6.45) is 0.483. The van der Waals surface area contributed by atoms with E-state index in [9.17, 15) is 9.18 Å². The molecular weight excluding hydrogens is 145 g/mol. The number of rotatable bonds is 1. The molecule has 0 aliphatic rings. The smallest absolute Gasteiger partial charge is 0.223 e. The van der Waals surface area contributed by atoms with Crippen LogP contribution in [0.25, 0.3) is 0 Å². The highest BCUT2D eigenvalue weighted by molar-refractivity contribution is 5.76. The molecule has 0 amide bonds. The first kappa shape index (κ1) is 7.85. The van der Waals surface area contributed by atoms with E-state index in [2.05, 4.69) is 4.98 Å². The van der Waals surface area contributed by atoms with E-state index in [-0.39, 0.29) is 5.56 Å². The summed E-state index contributed by atoms with van der Waals surface area (Å²) < 4.78 is 12.8. The number of pyridine rings is 1. The summed E-state index contributed by atoms with van der Waals surface area (Å²) in [5.41, 5.74) is 1.27. The maximum atomic E-state index is 12.8. The number of aldehydes is 1. The van der Waals surface area contributed by atoms with E-state index in [1.54, 1.807) is 19.9 Å². The molecule has 58 valence electrons. The molecule has 0 aromatic carbocycles. The Labute approximate surface area is 64.1 Å². The fraction of sp³-hybridized carbons (Fsp3) is 0.250. The van der Waals surface area contributed by atoms with Crippen LogP contribution in [0.5, 0.6) is 0 Å². The van der Waals surface area contributed by atoms with Crippen LogP contribution >= 0.6 is 0 Å². The normalized spacial score (nSPS) is 9.73. The van der Waals surface area contributed by atoms with Crippen LogP contribution < -0.4 is 0 Å². The lowest BCUT2D eigenvalue weighted by Gasteiger charge is -1.99. The third kappa shape index (κ3) is 1.42. The molecule has 0 spiro atoms. The first-order valence-corrected chi connectivity index (χ1v) is 3.24. The van der Waals surface area contributed by atoms with Gasteiger partial charge in [-0.1, -0.05) is 0 Å². The third-order valence-electron chi connectivity index (χ3n) is 1.46. The predicted molar refractivity (Wildman–Crippen MR) is 39.1 cm³/mol. The lowest BCUT2D eigenvalue weighted by atomic mass is 10.1. The molecule has 0 bridgehead atoms. The average molecular weight is 153 g/mol. The Morgan fingerprint density at radius 3 is 2.64 bits per heavy atom. The van der Waals surface area contributed by atoms with E-state index in [0.29, 0.717) is 17.5 Å². The van der Waals surface area contributed by atoms with Crippen LogP contribution in [0.15, 0.2) is 6.07 Å². The molecule has 1 rings (SSSR count). The topological polar surface area (TPSA) is 30.0 Å². The number of aromatic nitrogens is 1. The van der Waals surface area contributed by atoms with E-state index in [0.717, 1.165) is 0 Å². The minimum atomic E-state index is -0.683. The van der Waals surface area contributed by atoms with Gasteiger partial charge in [0, 0.05) is 5.69 Å². The lowest BCUT2D eigenvalue weighted by molar-refractivity contribution is 0.111. The van der Waals surface area contributed by atoms with Crippen molar-refractivity contribution < 1.29 is 9.18 Å². The fourth-order valence-electron chi connectivity index (χ4n) is 0.943. The molecule has 0 unspecified atom stereocenters. The van der Waals surface area contributed by atoms with Gasteiger partial charge in [0.2, 0.25) is 5.95 Å². The standard InChI is InChI=1S/C8H8FNO/c1-5-3-6(2)10-8(9)7(5)4-11/h3-4H,1-2H3. The van der Waals surface area contributed by atoms with Crippen molar-refractivity contribution in [1.29, 1.82) is 0 Å². The van der Waals surface area contributed by atoms with Crippen molar-refractivity contribution in [2.75, 3.05) is 0 Å². The molecule has 0 radical (unpaired) electrons. The number of halogens is 1. The molecule has 0 aliphatic carbocycles. The van der Waals surface area contributed by atoms with Crippen LogP contribution in [0, 0.1) is 19.8 Å². The highest BCUT2D eigenvalue weighted by atomic mass is 19.1. The van der Waals surface area contributed by atoms with Crippen molar-refractivity contribution in [2.24, 2.45) is 0 Å².